The Kier molecular flexibility index (Phi) is 6.16. The third-order valence-corrected chi connectivity index (χ3v) is 5.32. The van der Waals surface area contributed by atoms with Gasteiger partial charge in [-0.05, 0) is 42.9 Å². The van der Waals surface area contributed by atoms with Crippen LogP contribution in [-0.2, 0) is 4.79 Å². The van der Waals surface area contributed by atoms with E-state index in [1.807, 2.05) is 0 Å². The van der Waals surface area contributed by atoms with Crippen LogP contribution in [0, 0.1) is 23.2 Å². The van der Waals surface area contributed by atoms with Gasteiger partial charge in [-0.1, -0.05) is 43.6 Å². The maximum Gasteiger partial charge on any atom is 0.223 e. The molecule has 0 aromatic carbocycles. The average molecular weight is 318 g/mol. The molecule has 18 heavy (non-hydrogen) atoms. The first-order valence-electron chi connectivity index (χ1n) is 7.18. The topological polar surface area (TPSA) is 29.1 Å². The summed E-state index contributed by atoms with van der Waals surface area (Å²) in [5, 5.41) is 4.04. The van der Waals surface area contributed by atoms with Crippen molar-refractivity contribution in [2.45, 2.75) is 53.4 Å². The molecule has 0 aromatic rings. The molecule has 0 spiro atoms. The summed E-state index contributed by atoms with van der Waals surface area (Å²) in [4.78, 5) is 12.0. The van der Waals surface area contributed by atoms with Gasteiger partial charge in [-0.25, -0.2) is 0 Å². The maximum absolute atomic E-state index is 12.0. The third kappa shape index (κ3) is 4.91. The van der Waals surface area contributed by atoms with Gasteiger partial charge in [0, 0.05) is 17.8 Å². The van der Waals surface area contributed by atoms with Crippen LogP contribution >= 0.6 is 15.9 Å². The molecule has 1 aliphatic carbocycles. The van der Waals surface area contributed by atoms with Crippen molar-refractivity contribution in [3.8, 4) is 0 Å². The number of halogens is 1. The van der Waals surface area contributed by atoms with Gasteiger partial charge in [0.15, 0.2) is 0 Å². The van der Waals surface area contributed by atoms with E-state index < -0.39 is 0 Å². The molecule has 1 unspecified atom stereocenters. The van der Waals surface area contributed by atoms with Gasteiger partial charge in [-0.2, -0.15) is 0 Å². The Morgan fingerprint density at radius 1 is 1.28 bits per heavy atom. The fourth-order valence-electron chi connectivity index (χ4n) is 2.70. The van der Waals surface area contributed by atoms with Crippen molar-refractivity contribution in [3.63, 3.8) is 0 Å². The predicted octanol–water partition coefficient (Wildman–Crippen LogP) is 3.99. The van der Waals surface area contributed by atoms with Gasteiger partial charge in [-0.15, -0.1) is 0 Å². The SMILES string of the molecule is CC(CBr)CNC(=O)C1CCC(C(C)(C)C)CC1. The second-order valence-corrected chi connectivity index (χ2v) is 7.57. The standard InChI is InChI=1S/C15H28BrNO/c1-11(9-16)10-17-14(18)12-5-7-13(8-6-12)15(2,3)4/h11-13H,5-10H2,1-4H3,(H,17,18). The van der Waals surface area contributed by atoms with Gasteiger partial charge < -0.3 is 5.32 Å². The number of rotatable bonds is 4. The number of hydrogen-bond acceptors (Lipinski definition) is 1. The summed E-state index contributed by atoms with van der Waals surface area (Å²) in [6.07, 6.45) is 4.54. The number of carbonyl (C=O) groups excluding carboxylic acids is 1. The molecule has 0 radical (unpaired) electrons. The van der Waals surface area contributed by atoms with E-state index in [9.17, 15) is 4.79 Å². The van der Waals surface area contributed by atoms with E-state index in [4.69, 9.17) is 0 Å². The van der Waals surface area contributed by atoms with Crippen molar-refractivity contribution in [1.29, 1.82) is 0 Å². The first-order valence-corrected chi connectivity index (χ1v) is 8.30. The van der Waals surface area contributed by atoms with Crippen molar-refractivity contribution in [2.24, 2.45) is 23.2 Å². The number of alkyl halides is 1. The van der Waals surface area contributed by atoms with E-state index in [0.717, 1.165) is 30.6 Å². The summed E-state index contributed by atoms with van der Waals surface area (Å²) < 4.78 is 0. The molecule has 0 bridgehead atoms. The number of hydrogen-bond donors (Lipinski definition) is 1. The molecule has 1 fully saturated rings. The molecule has 2 nitrogen and oxygen atoms in total. The zero-order chi connectivity index (χ0) is 13.8. The van der Waals surface area contributed by atoms with Gasteiger partial charge >= 0.3 is 0 Å². The summed E-state index contributed by atoms with van der Waals surface area (Å²) in [5.41, 5.74) is 0.395. The normalized spacial score (nSPS) is 26.7. The molecule has 1 aliphatic rings. The molecule has 0 aliphatic heterocycles. The lowest BCUT2D eigenvalue weighted by atomic mass is 9.69. The zero-order valence-electron chi connectivity index (χ0n) is 12.3. The van der Waals surface area contributed by atoms with Crippen molar-refractivity contribution in [2.75, 3.05) is 11.9 Å². The Bertz CT molecular complexity index is 264. The fourth-order valence-corrected chi connectivity index (χ4v) is 2.92. The highest BCUT2D eigenvalue weighted by Gasteiger charge is 2.32. The highest BCUT2D eigenvalue weighted by Crippen LogP contribution is 2.39. The summed E-state index contributed by atoms with van der Waals surface area (Å²) in [6, 6.07) is 0. The van der Waals surface area contributed by atoms with E-state index in [-0.39, 0.29) is 11.8 Å². The maximum atomic E-state index is 12.0. The minimum absolute atomic E-state index is 0.256. The van der Waals surface area contributed by atoms with Crippen LogP contribution in [0.15, 0.2) is 0 Å². The van der Waals surface area contributed by atoms with Crippen LogP contribution in [0.5, 0.6) is 0 Å². The Hall–Kier alpha value is -0.0500. The number of carbonyl (C=O) groups is 1. The predicted molar refractivity (Wildman–Crippen MR) is 80.9 cm³/mol. The Morgan fingerprint density at radius 2 is 1.83 bits per heavy atom. The minimum Gasteiger partial charge on any atom is -0.356 e. The molecular formula is C15H28BrNO. The smallest absolute Gasteiger partial charge is 0.223 e. The van der Waals surface area contributed by atoms with E-state index >= 15 is 0 Å². The van der Waals surface area contributed by atoms with E-state index in [2.05, 4.69) is 48.9 Å². The molecule has 0 aromatic heterocycles. The van der Waals surface area contributed by atoms with Crippen LogP contribution in [0.3, 0.4) is 0 Å². The number of nitrogens with one attached hydrogen (secondary N) is 1. The van der Waals surface area contributed by atoms with Gasteiger partial charge in [0.2, 0.25) is 5.91 Å². The van der Waals surface area contributed by atoms with Gasteiger partial charge in [0.1, 0.15) is 0 Å². The van der Waals surface area contributed by atoms with E-state index in [1.165, 1.54) is 12.8 Å². The lowest BCUT2D eigenvalue weighted by molar-refractivity contribution is -0.126. The molecule has 1 atom stereocenters. The second kappa shape index (κ2) is 6.93. The zero-order valence-corrected chi connectivity index (χ0v) is 13.8. The molecular weight excluding hydrogens is 290 g/mol. The van der Waals surface area contributed by atoms with Crippen molar-refractivity contribution in [3.05, 3.63) is 0 Å². The molecule has 106 valence electrons. The summed E-state index contributed by atoms with van der Waals surface area (Å²) in [6.45, 7) is 9.88. The highest BCUT2D eigenvalue weighted by atomic mass is 79.9. The van der Waals surface area contributed by atoms with Crippen LogP contribution in [0.4, 0.5) is 0 Å². The van der Waals surface area contributed by atoms with Crippen LogP contribution in [0.2, 0.25) is 0 Å². The molecule has 1 amide bonds. The molecule has 1 N–H and O–H groups in total. The Morgan fingerprint density at radius 3 is 2.28 bits per heavy atom. The van der Waals surface area contributed by atoms with E-state index in [1.54, 1.807) is 0 Å². The molecule has 0 heterocycles. The first-order chi connectivity index (χ1) is 8.34. The van der Waals surface area contributed by atoms with Gasteiger partial charge in [0.05, 0.1) is 0 Å². The summed E-state index contributed by atoms with van der Waals surface area (Å²) in [7, 11) is 0. The van der Waals surface area contributed by atoms with Crippen molar-refractivity contribution >= 4 is 21.8 Å². The Labute approximate surface area is 120 Å². The van der Waals surface area contributed by atoms with Gasteiger partial charge in [-0.3, -0.25) is 4.79 Å². The number of amides is 1. The fraction of sp³-hybridized carbons (Fsp3) is 0.933. The Balaban J connectivity index is 2.32. The lowest BCUT2D eigenvalue weighted by Crippen LogP contribution is -2.37. The first kappa shape index (κ1) is 16.0. The van der Waals surface area contributed by atoms with Crippen molar-refractivity contribution in [1.82, 2.24) is 5.32 Å². The average Bonchev–Trinajstić information content (AvgIpc) is 2.34. The van der Waals surface area contributed by atoms with E-state index in [0.29, 0.717) is 11.3 Å². The molecule has 3 heteroatoms. The highest BCUT2D eigenvalue weighted by molar-refractivity contribution is 9.09. The largest absolute Gasteiger partial charge is 0.356 e. The second-order valence-electron chi connectivity index (χ2n) is 6.92. The monoisotopic (exact) mass is 317 g/mol. The van der Waals surface area contributed by atoms with Crippen LogP contribution in [0.25, 0.3) is 0 Å². The third-order valence-electron chi connectivity index (χ3n) is 4.21. The lowest BCUT2D eigenvalue weighted by Gasteiger charge is -2.36. The quantitative estimate of drug-likeness (QED) is 0.780. The minimum atomic E-state index is 0.256. The van der Waals surface area contributed by atoms with Crippen molar-refractivity contribution < 1.29 is 4.79 Å². The van der Waals surface area contributed by atoms with Gasteiger partial charge in [0.25, 0.3) is 0 Å². The van der Waals surface area contributed by atoms with Crippen LogP contribution in [-0.4, -0.2) is 17.8 Å². The van der Waals surface area contributed by atoms with Crippen LogP contribution < -0.4 is 5.32 Å². The van der Waals surface area contributed by atoms with Crippen LogP contribution in [0.1, 0.15) is 53.4 Å². The summed E-state index contributed by atoms with van der Waals surface area (Å²) in [5.74, 6) is 1.82. The molecule has 0 saturated heterocycles. The molecule has 1 rings (SSSR count). The summed E-state index contributed by atoms with van der Waals surface area (Å²) >= 11 is 3.44. The molecule has 1 saturated carbocycles.